The Balaban J connectivity index is 1.37. The van der Waals surface area contributed by atoms with Crippen molar-refractivity contribution in [2.75, 3.05) is 13.7 Å². The number of fused-ring (bicyclic) bond motifs is 1. The molecule has 0 aromatic heterocycles. The van der Waals surface area contributed by atoms with Crippen LogP contribution >= 0.6 is 0 Å². The Kier molecular flexibility index (Phi) is 7.03. The largest absolute Gasteiger partial charge is 0.493 e. The van der Waals surface area contributed by atoms with Gasteiger partial charge in [-0.3, -0.25) is 19.3 Å². The number of ether oxygens (including phenoxy) is 2. The minimum atomic E-state index is -0.509. The van der Waals surface area contributed by atoms with Crippen molar-refractivity contribution in [2.24, 2.45) is 0 Å². The van der Waals surface area contributed by atoms with E-state index in [1.807, 2.05) is 30.3 Å². The zero-order chi connectivity index (χ0) is 24.8. The summed E-state index contributed by atoms with van der Waals surface area (Å²) in [5, 5.41) is 9.52. The Morgan fingerprint density at radius 2 is 1.60 bits per heavy atom. The smallest absolute Gasteiger partial charge is 0.311 e. The number of carbonyl (C=O) groups excluding carboxylic acids is 3. The number of benzene rings is 3. The molecule has 7 nitrogen and oxygen atoms in total. The van der Waals surface area contributed by atoms with E-state index in [-0.39, 0.29) is 37.0 Å². The van der Waals surface area contributed by atoms with E-state index >= 15 is 0 Å². The summed E-state index contributed by atoms with van der Waals surface area (Å²) in [7, 11) is 1.46. The second kappa shape index (κ2) is 10.5. The number of rotatable bonds is 8. The van der Waals surface area contributed by atoms with E-state index in [0.29, 0.717) is 28.0 Å². The highest BCUT2D eigenvalue weighted by Crippen LogP contribution is 2.30. The predicted molar refractivity (Wildman–Crippen MR) is 130 cm³/mol. The maximum Gasteiger partial charge on any atom is 0.311 e. The van der Waals surface area contributed by atoms with E-state index in [4.69, 9.17) is 9.47 Å². The van der Waals surface area contributed by atoms with Crippen LogP contribution in [-0.4, -0.2) is 36.3 Å². The molecule has 0 fully saturated rings. The average Bonchev–Trinajstić information content (AvgIpc) is 3.13. The summed E-state index contributed by atoms with van der Waals surface area (Å²) in [5.74, 6) is -0.621. The van der Waals surface area contributed by atoms with E-state index < -0.39 is 5.97 Å². The molecule has 1 aliphatic heterocycles. The molecule has 3 aromatic rings. The molecule has 1 heterocycles. The summed E-state index contributed by atoms with van der Waals surface area (Å²) >= 11 is 0. The van der Waals surface area contributed by atoms with Crippen molar-refractivity contribution < 1.29 is 23.9 Å². The number of hydrogen-bond donors (Lipinski definition) is 0. The fourth-order valence-corrected chi connectivity index (χ4v) is 3.82. The molecule has 0 atom stereocenters. The van der Waals surface area contributed by atoms with Gasteiger partial charge in [0, 0.05) is 13.0 Å². The van der Waals surface area contributed by atoms with Crippen LogP contribution in [0.1, 0.15) is 44.7 Å². The monoisotopic (exact) mass is 466 g/mol. The Morgan fingerprint density at radius 3 is 2.23 bits per heavy atom. The quantitative estimate of drug-likeness (QED) is 0.156. The molecule has 0 saturated heterocycles. The van der Waals surface area contributed by atoms with Crippen LogP contribution in [0.3, 0.4) is 0 Å². The molecule has 4 rings (SSSR count). The summed E-state index contributed by atoms with van der Waals surface area (Å²) < 4.78 is 10.8. The molecule has 0 saturated carbocycles. The van der Waals surface area contributed by atoms with Crippen molar-refractivity contribution in [1.29, 1.82) is 5.26 Å². The van der Waals surface area contributed by atoms with Gasteiger partial charge in [-0.15, -0.1) is 0 Å². The van der Waals surface area contributed by atoms with Crippen LogP contribution in [0, 0.1) is 11.3 Å². The molecule has 35 heavy (non-hydrogen) atoms. The Hall–Kier alpha value is -4.70. The SMILES string of the molecule is COc1cc(/C=C(/C#N)c2ccccc2)ccc1OC(=O)CCCN1C(=O)c2ccccc2C1=O. The Labute approximate surface area is 202 Å². The van der Waals surface area contributed by atoms with Gasteiger partial charge in [-0.1, -0.05) is 48.5 Å². The summed E-state index contributed by atoms with van der Waals surface area (Å²) in [5.41, 5.74) is 2.76. The van der Waals surface area contributed by atoms with Crippen molar-refractivity contribution in [2.45, 2.75) is 12.8 Å². The maximum atomic E-state index is 12.4. The van der Waals surface area contributed by atoms with Gasteiger partial charge in [0.1, 0.15) is 0 Å². The molecule has 0 radical (unpaired) electrons. The van der Waals surface area contributed by atoms with Crippen molar-refractivity contribution in [3.63, 3.8) is 0 Å². The first-order chi connectivity index (χ1) is 17.0. The minimum Gasteiger partial charge on any atom is -0.493 e. The number of nitriles is 1. The average molecular weight is 466 g/mol. The normalized spacial score (nSPS) is 12.8. The number of carbonyl (C=O) groups is 3. The highest BCUT2D eigenvalue weighted by Gasteiger charge is 2.34. The van der Waals surface area contributed by atoms with E-state index in [1.54, 1.807) is 48.5 Å². The number of nitrogens with zero attached hydrogens (tertiary/aromatic N) is 2. The third kappa shape index (κ3) is 5.12. The number of allylic oxidation sites excluding steroid dienone is 1. The fraction of sp³-hybridized carbons (Fsp3) is 0.143. The van der Waals surface area contributed by atoms with Gasteiger partial charge < -0.3 is 9.47 Å². The predicted octanol–water partition coefficient (Wildman–Crippen LogP) is 4.74. The summed E-state index contributed by atoms with van der Waals surface area (Å²) in [6.07, 6.45) is 2.02. The van der Waals surface area contributed by atoms with Gasteiger partial charge in [0.05, 0.1) is 29.9 Å². The zero-order valence-electron chi connectivity index (χ0n) is 19.1. The minimum absolute atomic E-state index is 0.0187. The van der Waals surface area contributed by atoms with Crippen molar-refractivity contribution in [3.8, 4) is 17.6 Å². The van der Waals surface area contributed by atoms with Crippen LogP contribution < -0.4 is 9.47 Å². The number of hydrogen-bond acceptors (Lipinski definition) is 6. The molecular formula is C28H22N2O5. The zero-order valence-corrected chi connectivity index (χ0v) is 19.1. The second-order valence-corrected chi connectivity index (χ2v) is 7.83. The van der Waals surface area contributed by atoms with Gasteiger partial charge >= 0.3 is 5.97 Å². The van der Waals surface area contributed by atoms with E-state index in [0.717, 1.165) is 10.5 Å². The highest BCUT2D eigenvalue weighted by molar-refractivity contribution is 6.21. The first-order valence-corrected chi connectivity index (χ1v) is 11.0. The Bertz CT molecular complexity index is 1320. The van der Waals surface area contributed by atoms with Gasteiger partial charge in [-0.05, 0) is 47.9 Å². The first kappa shape index (κ1) is 23.5. The lowest BCUT2D eigenvalue weighted by Gasteiger charge is -2.14. The van der Waals surface area contributed by atoms with Crippen LogP contribution in [0.5, 0.6) is 11.5 Å². The lowest BCUT2D eigenvalue weighted by atomic mass is 10.0. The van der Waals surface area contributed by atoms with E-state index in [1.165, 1.54) is 7.11 Å². The van der Waals surface area contributed by atoms with Crippen LogP contribution in [0.25, 0.3) is 11.6 Å². The maximum absolute atomic E-state index is 12.4. The second-order valence-electron chi connectivity index (χ2n) is 7.83. The van der Waals surface area contributed by atoms with Gasteiger partial charge in [0.25, 0.3) is 11.8 Å². The Morgan fingerprint density at radius 1 is 0.943 bits per heavy atom. The molecule has 0 unspecified atom stereocenters. The van der Waals surface area contributed by atoms with Gasteiger partial charge in [0.15, 0.2) is 11.5 Å². The topological polar surface area (TPSA) is 96.7 Å². The van der Waals surface area contributed by atoms with Crippen LogP contribution in [0.2, 0.25) is 0 Å². The number of imide groups is 1. The lowest BCUT2D eigenvalue weighted by Crippen LogP contribution is -2.31. The fourth-order valence-electron chi connectivity index (χ4n) is 3.82. The lowest BCUT2D eigenvalue weighted by molar-refractivity contribution is -0.134. The van der Waals surface area contributed by atoms with Crippen molar-refractivity contribution in [3.05, 3.63) is 95.1 Å². The molecule has 0 aliphatic carbocycles. The molecule has 7 heteroatoms. The molecule has 2 amide bonds. The van der Waals surface area contributed by atoms with Crippen LogP contribution in [0.4, 0.5) is 0 Å². The van der Waals surface area contributed by atoms with Crippen LogP contribution in [0.15, 0.2) is 72.8 Å². The van der Waals surface area contributed by atoms with E-state index in [9.17, 15) is 19.6 Å². The molecule has 0 bridgehead atoms. The summed E-state index contributed by atoms with van der Waals surface area (Å²) in [6, 6.07) is 23.2. The van der Waals surface area contributed by atoms with Crippen molar-refractivity contribution in [1.82, 2.24) is 4.90 Å². The number of esters is 1. The number of amides is 2. The molecule has 174 valence electrons. The number of methoxy groups -OCH3 is 1. The standard InChI is InChI=1S/C28H22N2O5/c1-34-25-17-19(16-21(18-29)20-8-3-2-4-9-20)13-14-24(25)35-26(31)12-7-15-30-27(32)22-10-5-6-11-23(22)28(30)33/h2-6,8-11,13-14,16-17H,7,12,15H2,1H3/b21-16-. The third-order valence-corrected chi connectivity index (χ3v) is 5.57. The molecule has 0 spiro atoms. The molecular weight excluding hydrogens is 444 g/mol. The van der Waals surface area contributed by atoms with Crippen molar-refractivity contribution >= 4 is 29.4 Å². The van der Waals surface area contributed by atoms with Gasteiger partial charge in [-0.25, -0.2) is 0 Å². The third-order valence-electron chi connectivity index (χ3n) is 5.57. The van der Waals surface area contributed by atoms with Gasteiger partial charge in [-0.2, -0.15) is 5.26 Å². The summed E-state index contributed by atoms with van der Waals surface area (Å²) in [4.78, 5) is 38.4. The van der Waals surface area contributed by atoms with E-state index in [2.05, 4.69) is 6.07 Å². The first-order valence-electron chi connectivity index (χ1n) is 11.0. The molecule has 0 N–H and O–H groups in total. The highest BCUT2D eigenvalue weighted by atomic mass is 16.6. The van der Waals surface area contributed by atoms with Gasteiger partial charge in [0.2, 0.25) is 0 Å². The van der Waals surface area contributed by atoms with Crippen LogP contribution in [-0.2, 0) is 4.79 Å². The molecule has 1 aliphatic rings. The molecule has 3 aromatic carbocycles. The summed E-state index contributed by atoms with van der Waals surface area (Å²) in [6.45, 7) is 0.124.